The minimum Gasteiger partial charge on any atom is -0.366 e. The Morgan fingerprint density at radius 2 is 1.18 bits per heavy atom. The topological polar surface area (TPSA) is 90.5 Å². The van der Waals surface area contributed by atoms with Crippen LogP contribution in [0.3, 0.4) is 0 Å². The molecule has 6 heteroatoms. The maximum Gasteiger partial charge on any atom is 0.286 e. The summed E-state index contributed by atoms with van der Waals surface area (Å²) in [6.45, 7) is 2.28. The van der Waals surface area contributed by atoms with E-state index in [0.29, 0.717) is 6.42 Å². The lowest BCUT2D eigenvalue weighted by Gasteiger charge is -2.18. The van der Waals surface area contributed by atoms with E-state index < -0.39 is 18.2 Å². The predicted molar refractivity (Wildman–Crippen MR) is 131 cm³/mol. The minimum atomic E-state index is -1.89. The molecule has 33 heavy (non-hydrogen) atoms. The third-order valence-corrected chi connectivity index (χ3v) is 6.09. The molecule has 0 bridgehead atoms. The van der Waals surface area contributed by atoms with Gasteiger partial charge in [-0.15, -0.1) is 0 Å². The van der Waals surface area contributed by atoms with Crippen molar-refractivity contribution in [2.24, 2.45) is 0 Å². The average Bonchev–Trinajstić information content (AvgIpc) is 2.80. The number of hydrogen-bond donors (Lipinski definition) is 3. The molecule has 1 heterocycles. The van der Waals surface area contributed by atoms with Gasteiger partial charge in [-0.2, -0.15) is 4.57 Å². The van der Waals surface area contributed by atoms with Gasteiger partial charge < -0.3 is 15.5 Å². The van der Waals surface area contributed by atoms with Crippen LogP contribution in [-0.2, 0) is 16.1 Å². The van der Waals surface area contributed by atoms with E-state index in [0.717, 1.165) is 12.8 Å². The van der Waals surface area contributed by atoms with E-state index in [-0.39, 0.29) is 18.7 Å². The summed E-state index contributed by atoms with van der Waals surface area (Å²) in [6, 6.07) is 4.17. The maximum absolute atomic E-state index is 12.4. The zero-order chi connectivity index (χ0) is 24.2. The smallest absolute Gasteiger partial charge is 0.286 e. The fraction of sp³-hybridized carbons (Fsp3) is 0.741. The van der Waals surface area contributed by atoms with Crippen molar-refractivity contribution in [3.05, 3.63) is 30.6 Å². The van der Waals surface area contributed by atoms with Crippen LogP contribution >= 0.6 is 0 Å². The van der Waals surface area contributed by atoms with Crippen LogP contribution < -0.4 is 9.88 Å². The molecular formula is C27H47N2O4+. The summed E-state index contributed by atoms with van der Waals surface area (Å²) in [5.74, 6) is -0.750. The molecular weight excluding hydrogens is 416 g/mol. The number of nitrogens with one attached hydrogen (secondary N) is 1. The molecule has 0 saturated heterocycles. The predicted octanol–water partition coefficient (Wildman–Crippen LogP) is 4.60. The first-order valence-corrected chi connectivity index (χ1v) is 13.2. The van der Waals surface area contributed by atoms with Crippen LogP contribution in [0, 0.1) is 0 Å². The average molecular weight is 464 g/mol. The Morgan fingerprint density at radius 3 is 1.64 bits per heavy atom. The summed E-state index contributed by atoms with van der Waals surface area (Å²) in [5, 5.41) is 21.5. The number of Topliss-reactive ketones (excluding diaryl/α,β-unsaturated/α-hetero) is 1. The number of amides is 1. The Labute approximate surface area is 200 Å². The van der Waals surface area contributed by atoms with E-state index >= 15 is 0 Å². The van der Waals surface area contributed by atoms with E-state index in [1.165, 1.54) is 77.0 Å². The molecule has 0 spiro atoms. The highest BCUT2D eigenvalue weighted by molar-refractivity contribution is 5.89. The molecule has 0 aliphatic carbocycles. The van der Waals surface area contributed by atoms with Gasteiger partial charge in [0.1, 0.15) is 6.04 Å². The second-order valence-electron chi connectivity index (χ2n) is 9.17. The Hall–Kier alpha value is -1.79. The van der Waals surface area contributed by atoms with Crippen LogP contribution in [0.4, 0.5) is 0 Å². The first kappa shape index (κ1) is 29.2. The highest BCUT2D eigenvalue weighted by Crippen LogP contribution is 2.14. The van der Waals surface area contributed by atoms with Gasteiger partial charge in [-0.3, -0.25) is 9.59 Å². The molecule has 188 valence electrons. The molecule has 1 amide bonds. The van der Waals surface area contributed by atoms with Gasteiger partial charge in [-0.1, -0.05) is 103 Å². The summed E-state index contributed by atoms with van der Waals surface area (Å²) in [5.41, 5.74) is 0. The number of aromatic nitrogens is 1. The second-order valence-corrected chi connectivity index (χ2v) is 9.17. The number of carbonyl (C=O) groups is 2. The van der Waals surface area contributed by atoms with Crippen LogP contribution in [0.5, 0.6) is 0 Å². The summed E-state index contributed by atoms with van der Waals surface area (Å²) >= 11 is 0. The van der Waals surface area contributed by atoms with Gasteiger partial charge in [-0.25, -0.2) is 0 Å². The molecule has 0 aromatic carbocycles. The van der Waals surface area contributed by atoms with Crippen molar-refractivity contribution < 1.29 is 24.4 Å². The largest absolute Gasteiger partial charge is 0.366 e. The third kappa shape index (κ3) is 15.6. The highest BCUT2D eigenvalue weighted by Gasteiger charge is 2.27. The molecule has 0 fully saturated rings. The number of nitrogens with zero attached hydrogens (tertiary/aromatic N) is 1. The Morgan fingerprint density at radius 1 is 0.727 bits per heavy atom. The van der Waals surface area contributed by atoms with Crippen molar-refractivity contribution in [1.82, 2.24) is 5.32 Å². The third-order valence-electron chi connectivity index (χ3n) is 6.09. The number of ketones is 1. The van der Waals surface area contributed by atoms with Crippen LogP contribution in [0.2, 0.25) is 0 Å². The Kier molecular flexibility index (Phi) is 17.4. The van der Waals surface area contributed by atoms with E-state index in [9.17, 15) is 19.8 Å². The van der Waals surface area contributed by atoms with Crippen LogP contribution in [0.15, 0.2) is 30.6 Å². The molecule has 1 atom stereocenters. The van der Waals surface area contributed by atoms with Gasteiger partial charge in [0.15, 0.2) is 24.5 Å². The van der Waals surface area contributed by atoms with Crippen LogP contribution in [0.25, 0.3) is 0 Å². The van der Waals surface area contributed by atoms with Crippen molar-refractivity contribution in [3.63, 3.8) is 0 Å². The Bertz CT molecular complexity index is 622. The van der Waals surface area contributed by atoms with E-state index in [2.05, 4.69) is 12.2 Å². The summed E-state index contributed by atoms with van der Waals surface area (Å²) < 4.78 is 1.66. The van der Waals surface area contributed by atoms with Gasteiger partial charge in [0.05, 0.1) is 0 Å². The molecule has 0 saturated carbocycles. The van der Waals surface area contributed by atoms with Crippen molar-refractivity contribution in [2.75, 3.05) is 0 Å². The quantitative estimate of drug-likeness (QED) is 0.141. The lowest BCUT2D eigenvalue weighted by Crippen LogP contribution is -2.52. The van der Waals surface area contributed by atoms with Crippen molar-refractivity contribution in [1.29, 1.82) is 0 Å². The van der Waals surface area contributed by atoms with Gasteiger partial charge in [-0.05, 0) is 6.42 Å². The molecule has 1 unspecified atom stereocenters. The number of aliphatic hydroxyl groups is 2. The minimum absolute atomic E-state index is 0.0241. The lowest BCUT2D eigenvalue weighted by atomic mass is 10.0. The number of hydrogen-bond acceptors (Lipinski definition) is 4. The summed E-state index contributed by atoms with van der Waals surface area (Å²) in [6.07, 6.45) is 20.6. The Balaban J connectivity index is 2.04. The fourth-order valence-corrected chi connectivity index (χ4v) is 4.07. The standard InChI is InChI=1S/C27H46N2O4/c1-2-3-4-5-6-7-8-9-10-11-12-13-14-15-17-20-24(30)26(27(32)33)28-25(31)23-29-21-18-16-19-22-29/h16,18-19,21-22,26-27,32-33H,2-15,17,20,23H2,1H3/p+1. The number of unbranched alkanes of at least 4 members (excludes halogenated alkanes) is 14. The number of rotatable bonds is 21. The van der Waals surface area contributed by atoms with Crippen molar-refractivity contribution in [3.8, 4) is 0 Å². The molecule has 0 aliphatic heterocycles. The van der Waals surface area contributed by atoms with Crippen molar-refractivity contribution >= 4 is 11.7 Å². The number of pyridine rings is 1. The molecule has 1 aromatic heterocycles. The van der Waals surface area contributed by atoms with Crippen molar-refractivity contribution in [2.45, 2.75) is 129 Å². The van der Waals surface area contributed by atoms with E-state index in [1.807, 2.05) is 6.07 Å². The number of carbonyl (C=O) groups excluding carboxylic acids is 2. The van der Waals surface area contributed by atoms with Gasteiger partial charge in [0.2, 0.25) is 6.54 Å². The maximum atomic E-state index is 12.4. The monoisotopic (exact) mass is 463 g/mol. The lowest BCUT2D eigenvalue weighted by molar-refractivity contribution is -0.684. The normalized spacial score (nSPS) is 12.1. The summed E-state index contributed by atoms with van der Waals surface area (Å²) in [4.78, 5) is 24.5. The van der Waals surface area contributed by atoms with Crippen LogP contribution in [0.1, 0.15) is 110 Å². The fourth-order valence-electron chi connectivity index (χ4n) is 4.07. The van der Waals surface area contributed by atoms with Crippen LogP contribution in [-0.4, -0.2) is 34.2 Å². The zero-order valence-corrected chi connectivity index (χ0v) is 20.7. The van der Waals surface area contributed by atoms with E-state index in [1.54, 1.807) is 29.1 Å². The first-order chi connectivity index (χ1) is 16.0. The number of aliphatic hydroxyl groups excluding tert-OH is 1. The SMILES string of the molecule is CCCCCCCCCCCCCCCCCC(=O)C(NC(=O)C[n+]1ccccc1)C(O)O. The summed E-state index contributed by atoms with van der Waals surface area (Å²) in [7, 11) is 0. The van der Waals surface area contributed by atoms with Gasteiger partial charge >= 0.3 is 0 Å². The van der Waals surface area contributed by atoms with Gasteiger partial charge in [0, 0.05) is 18.6 Å². The highest BCUT2D eigenvalue weighted by atomic mass is 16.5. The molecule has 6 nitrogen and oxygen atoms in total. The molecule has 1 aromatic rings. The van der Waals surface area contributed by atoms with E-state index in [4.69, 9.17) is 0 Å². The molecule has 1 rings (SSSR count). The molecule has 3 N–H and O–H groups in total. The first-order valence-electron chi connectivity index (χ1n) is 13.2. The molecule has 0 radical (unpaired) electrons. The second kappa shape index (κ2) is 19.7. The molecule has 0 aliphatic rings. The zero-order valence-electron chi connectivity index (χ0n) is 20.7. The van der Waals surface area contributed by atoms with Gasteiger partial charge in [0.25, 0.3) is 5.91 Å².